The lowest BCUT2D eigenvalue weighted by Crippen LogP contribution is -2.32. The number of anilines is 1. The van der Waals surface area contributed by atoms with Gasteiger partial charge in [0.1, 0.15) is 17.1 Å². The fourth-order valence-corrected chi connectivity index (χ4v) is 3.25. The minimum atomic E-state index is -0.834. The first kappa shape index (κ1) is 20.3. The van der Waals surface area contributed by atoms with Crippen molar-refractivity contribution in [1.29, 1.82) is 0 Å². The van der Waals surface area contributed by atoms with Crippen LogP contribution in [0, 0.1) is 5.82 Å². The smallest absolute Gasteiger partial charge is 0.265 e. The molecule has 0 aliphatic rings. The van der Waals surface area contributed by atoms with Crippen LogP contribution < -0.4 is 10.1 Å². The molecule has 6 heteroatoms. The van der Waals surface area contributed by atoms with Crippen molar-refractivity contribution >= 4 is 28.3 Å². The molecular weight excluding hydrogens is 397 g/mol. The molecule has 0 bridgehead atoms. The lowest BCUT2D eigenvalue weighted by atomic mass is 10.1. The minimum absolute atomic E-state index is 0.0531. The van der Waals surface area contributed by atoms with E-state index in [1.807, 2.05) is 6.07 Å². The average molecular weight is 417 g/mol. The van der Waals surface area contributed by atoms with Gasteiger partial charge >= 0.3 is 0 Å². The number of para-hydroxylation sites is 1. The first-order valence-electron chi connectivity index (χ1n) is 9.91. The third-order valence-corrected chi connectivity index (χ3v) is 4.84. The van der Waals surface area contributed by atoms with Crippen LogP contribution in [-0.2, 0) is 4.79 Å². The molecule has 31 heavy (non-hydrogen) atoms. The number of halogens is 1. The van der Waals surface area contributed by atoms with Gasteiger partial charge in [-0.25, -0.2) is 4.39 Å². The summed E-state index contributed by atoms with van der Waals surface area (Å²) in [7, 11) is 0. The highest BCUT2D eigenvalue weighted by atomic mass is 19.1. The Balaban J connectivity index is 1.65. The highest BCUT2D eigenvalue weighted by molar-refractivity contribution is 6.17. The van der Waals surface area contributed by atoms with Crippen LogP contribution in [0.4, 0.5) is 10.1 Å². The predicted octanol–water partition coefficient (Wildman–Crippen LogP) is 5.60. The van der Waals surface area contributed by atoms with E-state index in [2.05, 4.69) is 5.32 Å². The van der Waals surface area contributed by atoms with E-state index in [1.165, 1.54) is 24.3 Å². The quantitative estimate of drug-likeness (QED) is 0.398. The number of hydrogen-bond acceptors (Lipinski definition) is 4. The maximum atomic E-state index is 13.1. The summed E-state index contributed by atoms with van der Waals surface area (Å²) in [5.41, 5.74) is 1.24. The Hall–Kier alpha value is -3.93. The number of benzene rings is 3. The number of amides is 1. The molecule has 4 rings (SSSR count). The second-order valence-corrected chi connectivity index (χ2v) is 6.96. The fraction of sp³-hybridized carbons (Fsp3) is 0.120. The monoisotopic (exact) mass is 417 g/mol. The Bertz CT molecular complexity index is 1220. The van der Waals surface area contributed by atoms with Gasteiger partial charge < -0.3 is 14.5 Å². The molecule has 1 aromatic heterocycles. The Morgan fingerprint density at radius 3 is 2.35 bits per heavy atom. The Morgan fingerprint density at radius 1 is 0.968 bits per heavy atom. The van der Waals surface area contributed by atoms with E-state index < -0.39 is 17.8 Å². The summed E-state index contributed by atoms with van der Waals surface area (Å²) < 4.78 is 24.7. The molecule has 0 fully saturated rings. The van der Waals surface area contributed by atoms with Crippen LogP contribution in [0.5, 0.6) is 5.75 Å². The molecule has 0 saturated carbocycles. The summed E-state index contributed by atoms with van der Waals surface area (Å²) in [6.45, 7) is 1.80. The van der Waals surface area contributed by atoms with Crippen molar-refractivity contribution in [2.45, 2.75) is 19.4 Å². The van der Waals surface area contributed by atoms with Gasteiger partial charge in [0.2, 0.25) is 5.78 Å². The van der Waals surface area contributed by atoms with Crippen molar-refractivity contribution in [1.82, 2.24) is 0 Å². The van der Waals surface area contributed by atoms with Crippen LogP contribution in [0.25, 0.3) is 11.0 Å². The number of furan rings is 1. The van der Waals surface area contributed by atoms with Crippen LogP contribution in [0.1, 0.15) is 29.5 Å². The summed E-state index contributed by atoms with van der Waals surface area (Å²) in [5.74, 6) is -0.725. The maximum Gasteiger partial charge on any atom is 0.265 e. The predicted molar refractivity (Wildman–Crippen MR) is 116 cm³/mol. The number of hydrogen-bond donors (Lipinski definition) is 1. The van der Waals surface area contributed by atoms with Crippen molar-refractivity contribution in [3.8, 4) is 5.75 Å². The third kappa shape index (κ3) is 4.33. The van der Waals surface area contributed by atoms with Crippen molar-refractivity contribution in [2.75, 3.05) is 5.32 Å². The number of ketones is 1. The molecule has 1 N–H and O–H groups in total. The van der Waals surface area contributed by atoms with Crippen LogP contribution in [0.15, 0.2) is 83.3 Å². The number of fused-ring (bicyclic) bond motifs is 1. The number of rotatable bonds is 7. The molecular formula is C25H20FNO4. The van der Waals surface area contributed by atoms with E-state index in [0.717, 1.165) is 0 Å². The third-order valence-electron chi connectivity index (χ3n) is 4.84. The number of ether oxygens (including phenoxy) is 1. The van der Waals surface area contributed by atoms with E-state index >= 15 is 0 Å². The number of nitrogens with one attached hydrogen (secondary N) is 1. The van der Waals surface area contributed by atoms with Gasteiger partial charge in [-0.05, 0) is 42.8 Å². The van der Waals surface area contributed by atoms with Crippen LogP contribution >= 0.6 is 0 Å². The van der Waals surface area contributed by atoms with Crippen LogP contribution in [0.3, 0.4) is 0 Å². The first-order chi connectivity index (χ1) is 15.1. The van der Waals surface area contributed by atoms with E-state index in [-0.39, 0.29) is 11.5 Å². The summed E-state index contributed by atoms with van der Waals surface area (Å²) in [4.78, 5) is 26.1. The fourth-order valence-electron chi connectivity index (χ4n) is 3.25. The van der Waals surface area contributed by atoms with Gasteiger partial charge in [0.15, 0.2) is 11.9 Å². The normalized spacial score (nSPS) is 11.8. The van der Waals surface area contributed by atoms with Gasteiger partial charge in [-0.1, -0.05) is 49.4 Å². The van der Waals surface area contributed by atoms with Crippen molar-refractivity contribution in [2.24, 2.45) is 0 Å². The first-order valence-corrected chi connectivity index (χ1v) is 9.91. The Kier molecular flexibility index (Phi) is 5.80. The SMILES string of the molecule is CC[C@@H](Oc1ccc(F)cc1)C(=O)Nc1c(C(=O)c2ccccc2)oc2ccccc12. The molecule has 0 unspecified atom stereocenters. The molecule has 0 aliphatic heterocycles. The Morgan fingerprint density at radius 2 is 1.65 bits per heavy atom. The summed E-state index contributed by atoms with van der Waals surface area (Å²) >= 11 is 0. The van der Waals surface area contributed by atoms with Gasteiger partial charge in [-0.2, -0.15) is 0 Å². The standard InChI is InChI=1S/C25H20FNO4/c1-2-20(30-18-14-12-17(26)13-15-18)25(29)27-22-19-10-6-7-11-21(19)31-24(22)23(28)16-8-4-3-5-9-16/h3-15,20H,2H2,1H3,(H,27,29)/t20-/m1/s1. The second kappa shape index (κ2) is 8.83. The molecule has 4 aromatic rings. The summed E-state index contributed by atoms with van der Waals surface area (Å²) in [6.07, 6.45) is -0.458. The minimum Gasteiger partial charge on any atom is -0.481 e. The van der Waals surface area contributed by atoms with Gasteiger partial charge in [0.05, 0.1) is 5.69 Å². The number of carbonyl (C=O) groups is 2. The lowest BCUT2D eigenvalue weighted by molar-refractivity contribution is -0.122. The van der Waals surface area contributed by atoms with E-state index in [0.29, 0.717) is 34.4 Å². The van der Waals surface area contributed by atoms with Gasteiger partial charge in [-0.15, -0.1) is 0 Å². The topological polar surface area (TPSA) is 68.5 Å². The zero-order valence-corrected chi connectivity index (χ0v) is 16.8. The van der Waals surface area contributed by atoms with Crippen LogP contribution in [0.2, 0.25) is 0 Å². The molecule has 1 amide bonds. The summed E-state index contributed by atoms with van der Waals surface area (Å²) in [6, 6.07) is 21.3. The second-order valence-electron chi connectivity index (χ2n) is 6.96. The molecule has 1 heterocycles. The molecule has 156 valence electrons. The van der Waals surface area contributed by atoms with Crippen molar-refractivity contribution < 1.29 is 23.1 Å². The molecule has 1 atom stereocenters. The largest absolute Gasteiger partial charge is 0.481 e. The molecule has 0 aliphatic carbocycles. The lowest BCUT2D eigenvalue weighted by Gasteiger charge is -2.17. The molecule has 5 nitrogen and oxygen atoms in total. The highest BCUT2D eigenvalue weighted by Gasteiger charge is 2.26. The van der Waals surface area contributed by atoms with Crippen molar-refractivity contribution in [3.63, 3.8) is 0 Å². The van der Waals surface area contributed by atoms with Gasteiger partial charge in [0.25, 0.3) is 5.91 Å². The number of carbonyl (C=O) groups excluding carboxylic acids is 2. The van der Waals surface area contributed by atoms with E-state index in [1.54, 1.807) is 55.5 Å². The van der Waals surface area contributed by atoms with E-state index in [9.17, 15) is 14.0 Å². The Labute approximate surface area is 178 Å². The zero-order chi connectivity index (χ0) is 21.8. The molecule has 3 aromatic carbocycles. The highest BCUT2D eigenvalue weighted by Crippen LogP contribution is 2.33. The average Bonchev–Trinajstić information content (AvgIpc) is 3.17. The van der Waals surface area contributed by atoms with Gasteiger partial charge in [0, 0.05) is 10.9 Å². The van der Waals surface area contributed by atoms with Crippen LogP contribution in [-0.4, -0.2) is 17.8 Å². The zero-order valence-electron chi connectivity index (χ0n) is 16.8. The molecule has 0 radical (unpaired) electrons. The molecule has 0 saturated heterocycles. The van der Waals surface area contributed by atoms with Crippen molar-refractivity contribution in [3.05, 3.63) is 96.0 Å². The maximum absolute atomic E-state index is 13.1. The summed E-state index contributed by atoms with van der Waals surface area (Å²) in [5, 5.41) is 3.43. The van der Waals surface area contributed by atoms with Gasteiger partial charge in [-0.3, -0.25) is 9.59 Å². The molecule has 0 spiro atoms. The van der Waals surface area contributed by atoms with E-state index in [4.69, 9.17) is 9.15 Å².